The highest BCUT2D eigenvalue weighted by Crippen LogP contribution is 2.11. The van der Waals surface area contributed by atoms with Crippen LogP contribution < -0.4 is 5.32 Å². The van der Waals surface area contributed by atoms with E-state index < -0.39 is 0 Å². The quantitative estimate of drug-likeness (QED) is 0.870. The molecule has 1 N–H and O–H groups in total. The highest BCUT2D eigenvalue weighted by molar-refractivity contribution is 9.10. The molecule has 0 aliphatic heterocycles. The fourth-order valence-corrected chi connectivity index (χ4v) is 1.80. The number of aromatic nitrogens is 3. The molecule has 0 radical (unpaired) electrons. The van der Waals surface area contributed by atoms with Crippen LogP contribution >= 0.6 is 27.3 Å². The number of anilines is 1. The number of thiazole rings is 1. The number of nitrogens with zero attached hydrogens (tertiary/aromatic N) is 3. The van der Waals surface area contributed by atoms with Gasteiger partial charge in [0.05, 0.1) is 6.54 Å². The highest BCUT2D eigenvalue weighted by Gasteiger charge is 1.97. The van der Waals surface area contributed by atoms with Gasteiger partial charge in [-0.15, -0.1) is 11.3 Å². The van der Waals surface area contributed by atoms with Crippen molar-refractivity contribution < 1.29 is 0 Å². The van der Waals surface area contributed by atoms with E-state index in [4.69, 9.17) is 0 Å². The summed E-state index contributed by atoms with van der Waals surface area (Å²) in [4.78, 5) is 12.2. The standard InChI is InChI=1S/C8H7BrN4S/c9-6-3-7(13-5-12-6)11-4-8-10-1-2-14-8/h1-3,5H,4H2,(H,11,12,13). The molecule has 0 amide bonds. The smallest absolute Gasteiger partial charge is 0.130 e. The zero-order valence-corrected chi connectivity index (χ0v) is 9.55. The van der Waals surface area contributed by atoms with Crippen LogP contribution in [0.5, 0.6) is 0 Å². The Bertz CT molecular complexity index is 403. The molecule has 0 spiro atoms. The van der Waals surface area contributed by atoms with E-state index in [0.717, 1.165) is 15.4 Å². The molecule has 0 saturated carbocycles. The van der Waals surface area contributed by atoms with E-state index in [1.807, 2.05) is 11.4 Å². The lowest BCUT2D eigenvalue weighted by atomic mass is 10.5. The second-order valence-electron chi connectivity index (χ2n) is 2.51. The van der Waals surface area contributed by atoms with Crippen LogP contribution in [0.15, 0.2) is 28.6 Å². The Morgan fingerprint density at radius 2 is 2.29 bits per heavy atom. The van der Waals surface area contributed by atoms with Gasteiger partial charge in [0, 0.05) is 17.6 Å². The molecule has 4 nitrogen and oxygen atoms in total. The van der Waals surface area contributed by atoms with Gasteiger partial charge in [-0.1, -0.05) is 0 Å². The fraction of sp³-hybridized carbons (Fsp3) is 0.125. The van der Waals surface area contributed by atoms with Gasteiger partial charge in [-0.25, -0.2) is 15.0 Å². The maximum atomic E-state index is 4.15. The monoisotopic (exact) mass is 270 g/mol. The van der Waals surface area contributed by atoms with Gasteiger partial charge in [-0.05, 0) is 15.9 Å². The van der Waals surface area contributed by atoms with Gasteiger partial charge in [0.15, 0.2) is 0 Å². The molecule has 0 aliphatic rings. The molecule has 72 valence electrons. The molecule has 2 aromatic heterocycles. The molecule has 6 heteroatoms. The molecule has 0 aromatic carbocycles. The average Bonchev–Trinajstić information content (AvgIpc) is 2.67. The minimum atomic E-state index is 0.696. The maximum Gasteiger partial charge on any atom is 0.130 e. The normalized spacial score (nSPS) is 10.1. The molecule has 0 fully saturated rings. The topological polar surface area (TPSA) is 50.7 Å². The van der Waals surface area contributed by atoms with Crippen molar-refractivity contribution in [1.29, 1.82) is 0 Å². The fourth-order valence-electron chi connectivity index (χ4n) is 0.937. The second-order valence-corrected chi connectivity index (χ2v) is 4.30. The Hall–Kier alpha value is -1.01. The van der Waals surface area contributed by atoms with Crippen molar-refractivity contribution in [3.05, 3.63) is 33.6 Å². The molecular weight excluding hydrogens is 264 g/mol. The van der Waals surface area contributed by atoms with Crippen LogP contribution in [0.25, 0.3) is 0 Å². The van der Waals surface area contributed by atoms with Gasteiger partial charge in [0.2, 0.25) is 0 Å². The molecular formula is C8H7BrN4S. The van der Waals surface area contributed by atoms with Gasteiger partial charge >= 0.3 is 0 Å². The summed E-state index contributed by atoms with van der Waals surface area (Å²) < 4.78 is 0.772. The summed E-state index contributed by atoms with van der Waals surface area (Å²) in [5.41, 5.74) is 0. The van der Waals surface area contributed by atoms with Gasteiger partial charge in [0.25, 0.3) is 0 Å². The van der Waals surface area contributed by atoms with Crippen LogP contribution in [0, 0.1) is 0 Å². The molecule has 0 saturated heterocycles. The number of hydrogen-bond donors (Lipinski definition) is 1. The summed E-state index contributed by atoms with van der Waals surface area (Å²) in [6.45, 7) is 0.696. The average molecular weight is 271 g/mol. The van der Waals surface area contributed by atoms with Gasteiger partial charge < -0.3 is 5.32 Å². The molecule has 2 rings (SSSR count). The number of hydrogen-bond acceptors (Lipinski definition) is 5. The third-order valence-electron chi connectivity index (χ3n) is 1.54. The largest absolute Gasteiger partial charge is 0.363 e. The van der Waals surface area contributed by atoms with Crippen molar-refractivity contribution in [1.82, 2.24) is 15.0 Å². The first-order valence-electron chi connectivity index (χ1n) is 3.94. The molecule has 2 aromatic rings. The zero-order chi connectivity index (χ0) is 9.80. The van der Waals surface area contributed by atoms with E-state index in [1.165, 1.54) is 6.33 Å². The van der Waals surface area contributed by atoms with Gasteiger partial charge in [-0.3, -0.25) is 0 Å². The number of nitrogens with one attached hydrogen (secondary N) is 1. The molecule has 14 heavy (non-hydrogen) atoms. The van der Waals surface area contributed by atoms with E-state index in [2.05, 4.69) is 36.2 Å². The van der Waals surface area contributed by atoms with Crippen molar-refractivity contribution in [2.75, 3.05) is 5.32 Å². The van der Waals surface area contributed by atoms with E-state index in [-0.39, 0.29) is 0 Å². The summed E-state index contributed by atoms with van der Waals surface area (Å²) in [7, 11) is 0. The van der Waals surface area contributed by atoms with Crippen LogP contribution in [-0.2, 0) is 6.54 Å². The third-order valence-corrected chi connectivity index (χ3v) is 2.75. The van der Waals surface area contributed by atoms with Crippen LogP contribution in [0.1, 0.15) is 5.01 Å². The van der Waals surface area contributed by atoms with Crippen molar-refractivity contribution >= 4 is 33.1 Å². The first-order chi connectivity index (χ1) is 6.84. The Kier molecular flexibility index (Phi) is 3.05. The molecule has 0 unspecified atom stereocenters. The van der Waals surface area contributed by atoms with Gasteiger partial charge in [-0.2, -0.15) is 0 Å². The Morgan fingerprint density at radius 3 is 3.00 bits per heavy atom. The zero-order valence-electron chi connectivity index (χ0n) is 7.14. The Morgan fingerprint density at radius 1 is 1.36 bits per heavy atom. The van der Waals surface area contributed by atoms with Crippen LogP contribution in [0.3, 0.4) is 0 Å². The SMILES string of the molecule is Brc1cc(NCc2nccs2)ncn1. The first kappa shape index (κ1) is 9.54. The van der Waals surface area contributed by atoms with Crippen molar-refractivity contribution in [3.8, 4) is 0 Å². The van der Waals surface area contributed by atoms with E-state index in [9.17, 15) is 0 Å². The lowest BCUT2D eigenvalue weighted by Gasteiger charge is -2.01. The number of halogens is 1. The molecule has 0 aliphatic carbocycles. The van der Waals surface area contributed by atoms with Crippen molar-refractivity contribution in [2.24, 2.45) is 0 Å². The lowest BCUT2D eigenvalue weighted by molar-refractivity contribution is 1.05. The first-order valence-corrected chi connectivity index (χ1v) is 5.61. The lowest BCUT2D eigenvalue weighted by Crippen LogP contribution is -2.00. The third kappa shape index (κ3) is 2.49. The highest BCUT2D eigenvalue weighted by atomic mass is 79.9. The number of rotatable bonds is 3. The Balaban J connectivity index is 1.98. The second kappa shape index (κ2) is 4.47. The van der Waals surface area contributed by atoms with E-state index in [0.29, 0.717) is 6.54 Å². The van der Waals surface area contributed by atoms with Gasteiger partial charge in [0.1, 0.15) is 21.8 Å². The van der Waals surface area contributed by atoms with E-state index in [1.54, 1.807) is 17.5 Å². The predicted molar refractivity (Wildman–Crippen MR) is 59.2 cm³/mol. The van der Waals surface area contributed by atoms with Crippen molar-refractivity contribution in [3.63, 3.8) is 0 Å². The minimum Gasteiger partial charge on any atom is -0.363 e. The summed E-state index contributed by atoms with van der Waals surface area (Å²) in [5.74, 6) is 0.794. The van der Waals surface area contributed by atoms with Crippen LogP contribution in [0.4, 0.5) is 5.82 Å². The molecule has 2 heterocycles. The summed E-state index contributed by atoms with van der Waals surface area (Å²) >= 11 is 4.89. The molecule has 0 atom stereocenters. The van der Waals surface area contributed by atoms with E-state index >= 15 is 0 Å². The minimum absolute atomic E-state index is 0.696. The van der Waals surface area contributed by atoms with Crippen molar-refractivity contribution in [2.45, 2.75) is 6.54 Å². The van der Waals surface area contributed by atoms with Crippen LogP contribution in [-0.4, -0.2) is 15.0 Å². The maximum absolute atomic E-state index is 4.15. The van der Waals surface area contributed by atoms with Crippen LogP contribution in [0.2, 0.25) is 0 Å². The summed E-state index contributed by atoms with van der Waals surface area (Å²) in [6, 6.07) is 1.83. The Labute approximate surface area is 93.6 Å². The molecule has 0 bridgehead atoms. The predicted octanol–water partition coefficient (Wildman–Crippen LogP) is 2.31. The summed E-state index contributed by atoms with van der Waals surface area (Å²) in [6.07, 6.45) is 3.30. The summed E-state index contributed by atoms with van der Waals surface area (Å²) in [5, 5.41) is 6.15.